The van der Waals surface area contributed by atoms with Crippen LogP contribution in [0.15, 0.2) is 6.07 Å². The number of carbonyl (C=O) groups is 1. The van der Waals surface area contributed by atoms with Gasteiger partial charge in [-0.2, -0.15) is 0 Å². The second kappa shape index (κ2) is 5.22. The number of carbonyl (C=O) groups excluding carboxylic acids is 1. The first-order chi connectivity index (χ1) is 8.11. The molecule has 0 aromatic carbocycles. The minimum Gasteiger partial charge on any atom is -0.388 e. The van der Waals surface area contributed by atoms with E-state index >= 15 is 0 Å². The average molecular weight is 396 g/mol. The molecule has 0 unspecified atom stereocenters. The number of hydrogen-bond donors (Lipinski definition) is 0. The maximum Gasteiger partial charge on any atom is 0.574 e. The lowest BCUT2D eigenvalue weighted by molar-refractivity contribution is -0.386. The fraction of sp³-hybridized carbons (Fsp3) is 0.143. The number of rotatable bonds is 3. The normalized spacial score (nSPS) is 11.2. The highest BCUT2D eigenvalue weighted by molar-refractivity contribution is 14.1. The molecule has 1 rings (SSSR count). The van der Waals surface area contributed by atoms with Gasteiger partial charge in [-0.15, -0.1) is 13.2 Å². The predicted octanol–water partition coefficient (Wildman–Crippen LogP) is 2.87. The zero-order chi connectivity index (χ0) is 14.1. The predicted molar refractivity (Wildman–Crippen MR) is 60.5 cm³/mol. The highest BCUT2D eigenvalue weighted by atomic mass is 127. The fourth-order valence-corrected chi connectivity index (χ4v) is 1.82. The van der Waals surface area contributed by atoms with Crippen LogP contribution in [-0.2, 0) is 0 Å². The molecule has 0 spiro atoms. The molecule has 0 atom stereocenters. The van der Waals surface area contributed by atoms with Gasteiger partial charge in [0, 0.05) is 6.07 Å². The number of nitro groups is 1. The fourth-order valence-electron chi connectivity index (χ4n) is 0.967. The minimum atomic E-state index is -5.03. The first kappa shape index (κ1) is 14.9. The Labute approximate surface area is 115 Å². The third-order valence-electron chi connectivity index (χ3n) is 1.51. The summed E-state index contributed by atoms with van der Waals surface area (Å²) in [6, 6.07) is 0.676. The number of aromatic nitrogens is 1. The number of pyridine rings is 1. The topological polar surface area (TPSA) is 82.3 Å². The molecular formula is C7HClF3IN2O4. The van der Waals surface area contributed by atoms with Crippen molar-refractivity contribution in [2.24, 2.45) is 0 Å². The molecule has 0 amide bonds. The molecule has 0 fully saturated rings. The zero-order valence-corrected chi connectivity index (χ0v) is 10.9. The van der Waals surface area contributed by atoms with Crippen molar-refractivity contribution in [2.75, 3.05) is 0 Å². The Hall–Kier alpha value is -1.17. The smallest absolute Gasteiger partial charge is 0.388 e. The molecule has 0 aliphatic carbocycles. The minimum absolute atomic E-state index is 0.254. The van der Waals surface area contributed by atoms with E-state index in [1.54, 1.807) is 0 Å². The molecule has 18 heavy (non-hydrogen) atoms. The third kappa shape index (κ3) is 3.66. The van der Waals surface area contributed by atoms with Crippen LogP contribution in [0.3, 0.4) is 0 Å². The zero-order valence-electron chi connectivity index (χ0n) is 7.99. The second-order valence-electron chi connectivity index (χ2n) is 2.72. The summed E-state index contributed by atoms with van der Waals surface area (Å²) in [5.41, 5.74) is -1.68. The van der Waals surface area contributed by atoms with Gasteiger partial charge in [0.25, 0.3) is 5.24 Å². The molecular weight excluding hydrogens is 395 g/mol. The summed E-state index contributed by atoms with van der Waals surface area (Å²) in [5.74, 6) is -0.999. The lowest BCUT2D eigenvalue weighted by Crippen LogP contribution is -2.19. The van der Waals surface area contributed by atoms with Crippen LogP contribution in [0.5, 0.6) is 5.88 Å². The number of ether oxygens (including phenoxy) is 1. The first-order valence-electron chi connectivity index (χ1n) is 3.92. The van der Waals surface area contributed by atoms with Crippen LogP contribution in [-0.4, -0.2) is 21.5 Å². The van der Waals surface area contributed by atoms with Crippen molar-refractivity contribution in [1.82, 2.24) is 4.98 Å². The van der Waals surface area contributed by atoms with Crippen LogP contribution in [0.1, 0.15) is 10.5 Å². The molecule has 0 saturated heterocycles. The van der Waals surface area contributed by atoms with E-state index in [2.05, 4.69) is 9.72 Å². The van der Waals surface area contributed by atoms with Crippen LogP contribution in [0.2, 0.25) is 0 Å². The quantitative estimate of drug-likeness (QED) is 0.340. The van der Waals surface area contributed by atoms with Crippen molar-refractivity contribution in [3.8, 4) is 5.88 Å². The molecule has 0 N–H and O–H groups in total. The van der Waals surface area contributed by atoms with E-state index in [-0.39, 0.29) is 3.57 Å². The van der Waals surface area contributed by atoms with Crippen molar-refractivity contribution in [2.45, 2.75) is 6.36 Å². The van der Waals surface area contributed by atoms with E-state index in [9.17, 15) is 28.1 Å². The lowest BCUT2D eigenvalue weighted by atomic mass is 10.3. The third-order valence-corrected chi connectivity index (χ3v) is 2.51. The Kier molecular flexibility index (Phi) is 4.32. The maximum absolute atomic E-state index is 11.9. The number of nitrogens with zero attached hydrogens (tertiary/aromatic N) is 2. The van der Waals surface area contributed by atoms with E-state index < -0.39 is 33.8 Å². The van der Waals surface area contributed by atoms with E-state index in [0.29, 0.717) is 6.07 Å². The first-order valence-corrected chi connectivity index (χ1v) is 5.38. The molecule has 98 valence electrons. The Morgan fingerprint density at radius 1 is 1.56 bits per heavy atom. The van der Waals surface area contributed by atoms with Gasteiger partial charge in [-0.1, -0.05) is 0 Å². The van der Waals surface area contributed by atoms with E-state index in [4.69, 9.17) is 11.6 Å². The van der Waals surface area contributed by atoms with E-state index in [0.717, 1.165) is 0 Å². The van der Waals surface area contributed by atoms with Gasteiger partial charge in [-0.25, -0.2) is 4.98 Å². The Balaban J connectivity index is 3.37. The summed E-state index contributed by atoms with van der Waals surface area (Å²) in [5, 5.41) is 9.28. The van der Waals surface area contributed by atoms with Crippen molar-refractivity contribution in [3.63, 3.8) is 0 Å². The highest BCUT2D eigenvalue weighted by Gasteiger charge is 2.34. The van der Waals surface area contributed by atoms with Crippen LogP contribution < -0.4 is 4.74 Å². The molecule has 0 aliphatic rings. The number of hydrogen-bond acceptors (Lipinski definition) is 5. The molecule has 0 aliphatic heterocycles. The number of alkyl halides is 3. The van der Waals surface area contributed by atoms with Crippen molar-refractivity contribution >= 4 is 45.1 Å². The lowest BCUT2D eigenvalue weighted by Gasteiger charge is -2.09. The molecule has 0 bridgehead atoms. The van der Waals surface area contributed by atoms with Crippen LogP contribution >= 0.6 is 34.2 Å². The average Bonchev–Trinajstić information content (AvgIpc) is 2.12. The summed E-state index contributed by atoms with van der Waals surface area (Å²) < 4.78 is 39.1. The summed E-state index contributed by atoms with van der Waals surface area (Å²) >= 11 is 6.39. The summed E-state index contributed by atoms with van der Waals surface area (Å²) in [7, 11) is 0. The summed E-state index contributed by atoms with van der Waals surface area (Å²) in [6.07, 6.45) is -5.03. The molecule has 0 saturated carbocycles. The maximum atomic E-state index is 11.9. The Morgan fingerprint density at radius 3 is 2.50 bits per heavy atom. The van der Waals surface area contributed by atoms with Crippen molar-refractivity contribution in [3.05, 3.63) is 25.4 Å². The van der Waals surface area contributed by atoms with Gasteiger partial charge >= 0.3 is 12.0 Å². The molecule has 6 nitrogen and oxygen atoms in total. The van der Waals surface area contributed by atoms with Gasteiger partial charge in [-0.3, -0.25) is 14.9 Å². The Bertz CT molecular complexity index is 522. The summed E-state index contributed by atoms with van der Waals surface area (Å²) in [6.45, 7) is 0. The second-order valence-corrected chi connectivity index (χ2v) is 4.22. The largest absolute Gasteiger partial charge is 0.574 e. The van der Waals surface area contributed by atoms with Gasteiger partial charge in [-0.05, 0) is 34.2 Å². The van der Waals surface area contributed by atoms with Gasteiger partial charge in [0.2, 0.25) is 11.6 Å². The summed E-state index contributed by atoms with van der Waals surface area (Å²) in [4.78, 5) is 23.6. The van der Waals surface area contributed by atoms with Gasteiger partial charge < -0.3 is 4.74 Å². The van der Waals surface area contributed by atoms with E-state index in [1.807, 2.05) is 0 Å². The standard InChI is InChI=1S/C7HClF3IN2O4/c8-6(15)4-5(14(16)17)2(12)1-3(13-4)18-7(9,10)11/h1H. The molecule has 1 aromatic rings. The van der Waals surface area contributed by atoms with Crippen LogP contribution in [0.25, 0.3) is 0 Å². The van der Waals surface area contributed by atoms with Crippen molar-refractivity contribution in [1.29, 1.82) is 0 Å². The molecule has 11 heteroatoms. The van der Waals surface area contributed by atoms with Crippen LogP contribution in [0, 0.1) is 13.7 Å². The molecule has 0 radical (unpaired) electrons. The highest BCUT2D eigenvalue weighted by Crippen LogP contribution is 2.31. The van der Waals surface area contributed by atoms with Crippen molar-refractivity contribution < 1.29 is 27.6 Å². The van der Waals surface area contributed by atoms with Gasteiger partial charge in [0.05, 0.1) is 8.49 Å². The SMILES string of the molecule is O=C(Cl)c1nc(OC(F)(F)F)cc(I)c1[N+](=O)[O-]. The van der Waals surface area contributed by atoms with Gasteiger partial charge in [0.15, 0.2) is 0 Å². The molecule has 1 heterocycles. The van der Waals surface area contributed by atoms with E-state index in [1.165, 1.54) is 22.6 Å². The Morgan fingerprint density at radius 2 is 2.11 bits per heavy atom. The van der Waals surface area contributed by atoms with Gasteiger partial charge in [0.1, 0.15) is 0 Å². The number of halogens is 5. The molecule has 1 aromatic heterocycles. The van der Waals surface area contributed by atoms with Crippen LogP contribution in [0.4, 0.5) is 18.9 Å². The monoisotopic (exact) mass is 396 g/mol.